The first-order valence-electron chi connectivity index (χ1n) is 6.03. The van der Waals surface area contributed by atoms with E-state index in [1.807, 2.05) is 13.0 Å². The highest BCUT2D eigenvalue weighted by atomic mass is 32.1. The molecule has 0 saturated heterocycles. The second kappa shape index (κ2) is 5.50. The first-order chi connectivity index (χ1) is 8.69. The van der Waals surface area contributed by atoms with Gasteiger partial charge < -0.3 is 10.5 Å². The van der Waals surface area contributed by atoms with Gasteiger partial charge in [-0.3, -0.25) is 0 Å². The van der Waals surface area contributed by atoms with Crippen LogP contribution in [0.25, 0.3) is 10.4 Å². The molecule has 1 heterocycles. The molecule has 0 amide bonds. The van der Waals surface area contributed by atoms with E-state index in [1.54, 1.807) is 18.4 Å². The molecule has 2 aromatic rings. The summed E-state index contributed by atoms with van der Waals surface area (Å²) in [5, 5.41) is 1.05. The van der Waals surface area contributed by atoms with Crippen molar-refractivity contribution in [1.82, 2.24) is 4.98 Å². The summed E-state index contributed by atoms with van der Waals surface area (Å²) in [7, 11) is 1.70. The van der Waals surface area contributed by atoms with Gasteiger partial charge in [0.15, 0.2) is 0 Å². The molecule has 0 bridgehead atoms. The molecule has 0 radical (unpaired) electrons. The Labute approximate surface area is 112 Å². The Kier molecular flexibility index (Phi) is 3.99. The van der Waals surface area contributed by atoms with Crippen molar-refractivity contribution in [2.24, 2.45) is 5.73 Å². The largest absolute Gasteiger partial charge is 0.496 e. The molecule has 0 spiro atoms. The molecular formula is C14H18N2OS. The van der Waals surface area contributed by atoms with Gasteiger partial charge in [-0.05, 0) is 42.7 Å². The van der Waals surface area contributed by atoms with Gasteiger partial charge in [-0.2, -0.15) is 0 Å². The minimum atomic E-state index is 0.479. The Hall–Kier alpha value is -1.39. The standard InChI is InChI=1S/C14H18N2OS/c1-4-10-7-11(5-6-13(10)17-3)14-12(8-15)16-9(2)18-14/h5-7H,4,8,15H2,1-3H3. The van der Waals surface area contributed by atoms with E-state index in [2.05, 4.69) is 24.0 Å². The molecule has 0 atom stereocenters. The van der Waals surface area contributed by atoms with E-state index in [0.717, 1.165) is 22.9 Å². The predicted molar refractivity (Wildman–Crippen MR) is 76.1 cm³/mol. The molecule has 2 N–H and O–H groups in total. The van der Waals surface area contributed by atoms with Crippen molar-refractivity contribution in [2.45, 2.75) is 26.8 Å². The van der Waals surface area contributed by atoms with Crippen LogP contribution in [0.2, 0.25) is 0 Å². The number of hydrogen-bond donors (Lipinski definition) is 1. The quantitative estimate of drug-likeness (QED) is 0.920. The summed E-state index contributed by atoms with van der Waals surface area (Å²) >= 11 is 1.69. The first kappa shape index (κ1) is 13.1. The third kappa shape index (κ3) is 2.40. The lowest BCUT2D eigenvalue weighted by molar-refractivity contribution is 0.410. The monoisotopic (exact) mass is 262 g/mol. The second-order valence-corrected chi connectivity index (χ2v) is 5.30. The molecule has 4 heteroatoms. The number of rotatable bonds is 4. The third-order valence-electron chi connectivity index (χ3n) is 2.92. The van der Waals surface area contributed by atoms with Crippen molar-refractivity contribution in [3.05, 3.63) is 34.5 Å². The second-order valence-electron chi connectivity index (χ2n) is 4.09. The van der Waals surface area contributed by atoms with Crippen LogP contribution in [0.5, 0.6) is 5.75 Å². The van der Waals surface area contributed by atoms with E-state index in [0.29, 0.717) is 6.54 Å². The third-order valence-corrected chi connectivity index (χ3v) is 3.98. The minimum Gasteiger partial charge on any atom is -0.496 e. The summed E-state index contributed by atoms with van der Waals surface area (Å²) < 4.78 is 5.35. The van der Waals surface area contributed by atoms with Crippen LogP contribution in [0.15, 0.2) is 18.2 Å². The summed E-state index contributed by atoms with van der Waals surface area (Å²) in [5.41, 5.74) is 9.12. The summed E-state index contributed by atoms with van der Waals surface area (Å²) in [4.78, 5) is 5.64. The molecule has 0 aliphatic carbocycles. The zero-order valence-corrected chi connectivity index (χ0v) is 11.8. The molecule has 0 aliphatic rings. The normalized spacial score (nSPS) is 10.7. The number of methoxy groups -OCH3 is 1. The van der Waals surface area contributed by atoms with Crippen molar-refractivity contribution in [3.63, 3.8) is 0 Å². The van der Waals surface area contributed by atoms with Gasteiger partial charge in [0.25, 0.3) is 0 Å². The number of thiazole rings is 1. The van der Waals surface area contributed by atoms with E-state index in [-0.39, 0.29) is 0 Å². The average molecular weight is 262 g/mol. The van der Waals surface area contributed by atoms with Crippen LogP contribution in [-0.4, -0.2) is 12.1 Å². The highest BCUT2D eigenvalue weighted by Crippen LogP contribution is 2.33. The summed E-state index contributed by atoms with van der Waals surface area (Å²) in [6.07, 6.45) is 0.951. The minimum absolute atomic E-state index is 0.479. The highest BCUT2D eigenvalue weighted by molar-refractivity contribution is 7.15. The molecule has 0 fully saturated rings. The summed E-state index contributed by atoms with van der Waals surface area (Å²) in [5.74, 6) is 0.941. The predicted octanol–water partition coefficient (Wildman–Crippen LogP) is 3.15. The Morgan fingerprint density at radius 3 is 2.78 bits per heavy atom. The topological polar surface area (TPSA) is 48.1 Å². The molecule has 3 nitrogen and oxygen atoms in total. The van der Waals surface area contributed by atoms with Crippen molar-refractivity contribution in [1.29, 1.82) is 0 Å². The zero-order valence-electron chi connectivity index (χ0n) is 11.0. The van der Waals surface area contributed by atoms with Crippen LogP contribution >= 0.6 is 11.3 Å². The number of nitrogens with two attached hydrogens (primary N) is 1. The average Bonchev–Trinajstić information content (AvgIpc) is 2.79. The van der Waals surface area contributed by atoms with Crippen LogP contribution in [0, 0.1) is 6.92 Å². The van der Waals surface area contributed by atoms with Gasteiger partial charge >= 0.3 is 0 Å². The maximum atomic E-state index is 5.75. The van der Waals surface area contributed by atoms with Gasteiger partial charge in [-0.1, -0.05) is 6.92 Å². The van der Waals surface area contributed by atoms with Gasteiger partial charge in [0.05, 0.1) is 22.7 Å². The number of benzene rings is 1. The van der Waals surface area contributed by atoms with Crippen molar-refractivity contribution in [3.8, 4) is 16.2 Å². The van der Waals surface area contributed by atoms with Crippen LogP contribution in [-0.2, 0) is 13.0 Å². The van der Waals surface area contributed by atoms with E-state index in [4.69, 9.17) is 10.5 Å². The van der Waals surface area contributed by atoms with Gasteiger partial charge in [0, 0.05) is 6.54 Å². The SMILES string of the molecule is CCc1cc(-c2sc(C)nc2CN)ccc1OC. The fourth-order valence-corrected chi connectivity index (χ4v) is 2.97. The van der Waals surface area contributed by atoms with E-state index < -0.39 is 0 Å². The summed E-state index contributed by atoms with van der Waals surface area (Å²) in [6, 6.07) is 6.26. The molecule has 1 aromatic heterocycles. The molecule has 18 heavy (non-hydrogen) atoms. The molecule has 0 unspecified atom stereocenters. The lowest BCUT2D eigenvalue weighted by atomic mass is 10.1. The van der Waals surface area contributed by atoms with Crippen LogP contribution in [0.4, 0.5) is 0 Å². The molecular weight excluding hydrogens is 244 g/mol. The molecule has 1 aromatic carbocycles. The Morgan fingerprint density at radius 2 is 2.17 bits per heavy atom. The first-order valence-corrected chi connectivity index (χ1v) is 6.84. The van der Waals surface area contributed by atoms with E-state index in [1.165, 1.54) is 16.0 Å². The number of hydrogen-bond acceptors (Lipinski definition) is 4. The smallest absolute Gasteiger partial charge is 0.122 e. The number of nitrogens with zero attached hydrogens (tertiary/aromatic N) is 1. The maximum absolute atomic E-state index is 5.75. The lowest BCUT2D eigenvalue weighted by Crippen LogP contribution is -1.98. The fourth-order valence-electron chi connectivity index (χ4n) is 2.03. The Bertz CT molecular complexity index is 549. The number of aryl methyl sites for hydroxylation is 2. The molecule has 2 rings (SSSR count). The van der Waals surface area contributed by atoms with E-state index in [9.17, 15) is 0 Å². The van der Waals surface area contributed by atoms with Crippen LogP contribution < -0.4 is 10.5 Å². The molecule has 96 valence electrons. The van der Waals surface area contributed by atoms with Crippen LogP contribution in [0.3, 0.4) is 0 Å². The number of aromatic nitrogens is 1. The fraction of sp³-hybridized carbons (Fsp3) is 0.357. The van der Waals surface area contributed by atoms with Gasteiger partial charge in [0.1, 0.15) is 5.75 Å². The lowest BCUT2D eigenvalue weighted by Gasteiger charge is -2.09. The van der Waals surface area contributed by atoms with Crippen molar-refractivity contribution < 1.29 is 4.74 Å². The van der Waals surface area contributed by atoms with Gasteiger partial charge in [-0.25, -0.2) is 4.98 Å². The number of ether oxygens (including phenoxy) is 1. The zero-order chi connectivity index (χ0) is 13.1. The Morgan fingerprint density at radius 1 is 1.39 bits per heavy atom. The molecule has 0 aliphatic heterocycles. The van der Waals surface area contributed by atoms with Gasteiger partial charge in [0.2, 0.25) is 0 Å². The molecule has 0 saturated carbocycles. The van der Waals surface area contributed by atoms with Crippen molar-refractivity contribution >= 4 is 11.3 Å². The highest BCUT2D eigenvalue weighted by Gasteiger charge is 2.11. The summed E-state index contributed by atoms with van der Waals surface area (Å²) in [6.45, 7) is 4.62. The maximum Gasteiger partial charge on any atom is 0.122 e. The van der Waals surface area contributed by atoms with Crippen LogP contribution in [0.1, 0.15) is 23.2 Å². The van der Waals surface area contributed by atoms with Crippen molar-refractivity contribution in [2.75, 3.05) is 7.11 Å². The Balaban J connectivity index is 2.50. The van der Waals surface area contributed by atoms with Gasteiger partial charge in [-0.15, -0.1) is 11.3 Å². The van der Waals surface area contributed by atoms with E-state index >= 15 is 0 Å².